The van der Waals surface area contributed by atoms with Crippen LogP contribution in [-0.2, 0) is 0 Å². The number of hydrogen-bond acceptors (Lipinski definition) is 5. The van der Waals surface area contributed by atoms with Gasteiger partial charge in [-0.2, -0.15) is 0 Å². The van der Waals surface area contributed by atoms with Crippen molar-refractivity contribution in [3.63, 3.8) is 0 Å². The fourth-order valence-electron chi connectivity index (χ4n) is 3.05. The van der Waals surface area contributed by atoms with E-state index >= 15 is 0 Å². The minimum Gasteiger partial charge on any atom is -0.355 e. The Morgan fingerprint density at radius 3 is 2.50 bits per heavy atom. The highest BCUT2D eigenvalue weighted by Gasteiger charge is 2.26. The molecule has 0 bridgehead atoms. The third-order valence-corrected chi connectivity index (χ3v) is 4.45. The van der Waals surface area contributed by atoms with E-state index in [9.17, 15) is 9.18 Å². The molecule has 7 heteroatoms. The number of benzene rings is 1. The van der Waals surface area contributed by atoms with E-state index in [1.54, 1.807) is 23.2 Å². The summed E-state index contributed by atoms with van der Waals surface area (Å²) in [5, 5.41) is 3.76. The molecule has 1 aromatic carbocycles. The summed E-state index contributed by atoms with van der Waals surface area (Å²) in [7, 11) is 0. The summed E-state index contributed by atoms with van der Waals surface area (Å²) in [5.74, 6) is 0.803. The zero-order chi connectivity index (χ0) is 17.9. The Morgan fingerprint density at radius 1 is 1.04 bits per heavy atom. The standard InChI is InChI=1S/C19H17FN4O2/c20-15-6-4-14(5-7-15)18-16(13-22-26-18)19(25)24-11-9-23(10-12-24)17-3-1-2-8-21-17/h1-8,13H,9-12H2. The lowest BCUT2D eigenvalue weighted by Gasteiger charge is -2.35. The highest BCUT2D eigenvalue weighted by Crippen LogP contribution is 2.25. The average molecular weight is 352 g/mol. The molecule has 0 spiro atoms. The van der Waals surface area contributed by atoms with Gasteiger partial charge in [0.05, 0.1) is 6.20 Å². The fourth-order valence-corrected chi connectivity index (χ4v) is 3.05. The summed E-state index contributed by atoms with van der Waals surface area (Å²) in [5.41, 5.74) is 1.02. The molecule has 3 heterocycles. The van der Waals surface area contributed by atoms with Crippen molar-refractivity contribution in [3.05, 3.63) is 66.2 Å². The predicted octanol–water partition coefficient (Wildman–Crippen LogP) is 2.84. The van der Waals surface area contributed by atoms with E-state index in [0.29, 0.717) is 43.1 Å². The molecule has 0 unspecified atom stereocenters. The molecule has 1 fully saturated rings. The number of aromatic nitrogens is 2. The lowest BCUT2D eigenvalue weighted by Crippen LogP contribution is -2.49. The van der Waals surface area contributed by atoms with Crippen LogP contribution in [0.3, 0.4) is 0 Å². The van der Waals surface area contributed by atoms with E-state index in [1.807, 2.05) is 18.2 Å². The first-order valence-corrected chi connectivity index (χ1v) is 8.38. The van der Waals surface area contributed by atoms with Crippen molar-refractivity contribution in [2.24, 2.45) is 0 Å². The Labute approximate surface area is 149 Å². The zero-order valence-corrected chi connectivity index (χ0v) is 14.0. The first-order chi connectivity index (χ1) is 12.7. The summed E-state index contributed by atoms with van der Waals surface area (Å²) in [6.45, 7) is 2.59. The molecule has 132 valence electrons. The van der Waals surface area contributed by atoms with Gasteiger partial charge < -0.3 is 14.3 Å². The van der Waals surface area contributed by atoms with Crippen LogP contribution in [0.5, 0.6) is 0 Å². The molecule has 1 amide bonds. The summed E-state index contributed by atoms with van der Waals surface area (Å²) < 4.78 is 18.4. The van der Waals surface area contributed by atoms with Crippen LogP contribution in [0.2, 0.25) is 0 Å². The maximum Gasteiger partial charge on any atom is 0.259 e. The summed E-state index contributed by atoms with van der Waals surface area (Å²) in [6.07, 6.45) is 3.19. The summed E-state index contributed by atoms with van der Waals surface area (Å²) >= 11 is 0. The third kappa shape index (κ3) is 3.15. The monoisotopic (exact) mass is 352 g/mol. The number of nitrogens with zero attached hydrogens (tertiary/aromatic N) is 4. The number of halogens is 1. The largest absolute Gasteiger partial charge is 0.355 e. The van der Waals surface area contributed by atoms with E-state index in [-0.39, 0.29) is 11.7 Å². The number of hydrogen-bond donors (Lipinski definition) is 0. The number of carbonyl (C=O) groups excluding carboxylic acids is 1. The minimum absolute atomic E-state index is 0.133. The smallest absolute Gasteiger partial charge is 0.259 e. The number of amides is 1. The first kappa shape index (κ1) is 16.3. The molecular formula is C19H17FN4O2. The summed E-state index contributed by atoms with van der Waals surface area (Å²) in [4.78, 5) is 21.2. The van der Waals surface area contributed by atoms with Crippen LogP contribution in [-0.4, -0.2) is 47.1 Å². The Kier molecular flexibility index (Phi) is 4.35. The van der Waals surface area contributed by atoms with E-state index < -0.39 is 0 Å². The van der Waals surface area contributed by atoms with Gasteiger partial charge in [-0.05, 0) is 36.4 Å². The van der Waals surface area contributed by atoms with Crippen LogP contribution < -0.4 is 4.90 Å². The maximum absolute atomic E-state index is 13.1. The predicted molar refractivity (Wildman–Crippen MR) is 94.3 cm³/mol. The van der Waals surface area contributed by atoms with Crippen LogP contribution >= 0.6 is 0 Å². The van der Waals surface area contributed by atoms with Crippen molar-refractivity contribution >= 4 is 11.7 Å². The topological polar surface area (TPSA) is 62.5 Å². The molecule has 3 aromatic rings. The normalized spacial score (nSPS) is 14.5. The quantitative estimate of drug-likeness (QED) is 0.725. The fraction of sp³-hybridized carbons (Fsp3) is 0.211. The Balaban J connectivity index is 1.48. The molecule has 0 atom stereocenters. The molecule has 1 saturated heterocycles. The molecule has 0 radical (unpaired) electrons. The summed E-state index contributed by atoms with van der Waals surface area (Å²) in [6, 6.07) is 11.6. The van der Waals surface area contributed by atoms with Crippen molar-refractivity contribution in [1.82, 2.24) is 15.0 Å². The number of piperazine rings is 1. The second-order valence-electron chi connectivity index (χ2n) is 6.04. The van der Waals surface area contributed by atoms with Crippen LogP contribution in [0.4, 0.5) is 10.2 Å². The SMILES string of the molecule is O=C(c1cnoc1-c1ccc(F)cc1)N1CCN(c2ccccn2)CC1. The van der Waals surface area contributed by atoms with Gasteiger partial charge >= 0.3 is 0 Å². The maximum atomic E-state index is 13.1. The number of carbonyl (C=O) groups is 1. The minimum atomic E-state index is -0.341. The molecule has 0 aliphatic carbocycles. The molecular weight excluding hydrogens is 335 g/mol. The molecule has 1 aliphatic rings. The van der Waals surface area contributed by atoms with Crippen molar-refractivity contribution in [2.45, 2.75) is 0 Å². The first-order valence-electron chi connectivity index (χ1n) is 8.38. The van der Waals surface area contributed by atoms with Crippen LogP contribution in [0.25, 0.3) is 11.3 Å². The molecule has 1 aliphatic heterocycles. The number of anilines is 1. The molecule has 4 rings (SSSR count). The number of pyridine rings is 1. The van der Waals surface area contributed by atoms with Crippen molar-refractivity contribution in [1.29, 1.82) is 0 Å². The molecule has 2 aromatic heterocycles. The molecule has 0 saturated carbocycles. The Hall–Kier alpha value is -3.22. The van der Waals surface area contributed by atoms with Gasteiger partial charge in [0.1, 0.15) is 17.2 Å². The van der Waals surface area contributed by atoms with E-state index in [0.717, 1.165) is 5.82 Å². The highest BCUT2D eigenvalue weighted by molar-refractivity contribution is 5.99. The average Bonchev–Trinajstić information content (AvgIpc) is 3.19. The second-order valence-corrected chi connectivity index (χ2v) is 6.04. The highest BCUT2D eigenvalue weighted by atomic mass is 19.1. The van der Waals surface area contributed by atoms with Crippen LogP contribution in [0.15, 0.2) is 59.4 Å². The van der Waals surface area contributed by atoms with Crippen LogP contribution in [0.1, 0.15) is 10.4 Å². The van der Waals surface area contributed by atoms with Crippen molar-refractivity contribution < 1.29 is 13.7 Å². The Bertz CT molecular complexity index is 887. The molecule has 26 heavy (non-hydrogen) atoms. The van der Waals surface area contributed by atoms with Gasteiger partial charge in [-0.25, -0.2) is 9.37 Å². The van der Waals surface area contributed by atoms with E-state index in [4.69, 9.17) is 4.52 Å². The van der Waals surface area contributed by atoms with Gasteiger partial charge in [-0.1, -0.05) is 11.2 Å². The second kappa shape index (κ2) is 6.95. The molecule has 0 N–H and O–H groups in total. The van der Waals surface area contributed by atoms with Crippen LogP contribution in [0, 0.1) is 5.82 Å². The van der Waals surface area contributed by atoms with Gasteiger partial charge in [0.15, 0.2) is 5.76 Å². The Morgan fingerprint density at radius 2 is 1.81 bits per heavy atom. The van der Waals surface area contributed by atoms with Gasteiger partial charge in [0, 0.05) is 37.9 Å². The van der Waals surface area contributed by atoms with E-state index in [2.05, 4.69) is 15.0 Å². The third-order valence-electron chi connectivity index (χ3n) is 4.45. The van der Waals surface area contributed by atoms with Gasteiger partial charge in [-0.3, -0.25) is 4.79 Å². The van der Waals surface area contributed by atoms with Gasteiger partial charge in [0.2, 0.25) is 0 Å². The van der Waals surface area contributed by atoms with Crippen molar-refractivity contribution in [2.75, 3.05) is 31.1 Å². The van der Waals surface area contributed by atoms with E-state index in [1.165, 1.54) is 18.3 Å². The molecule has 6 nitrogen and oxygen atoms in total. The lowest BCUT2D eigenvalue weighted by atomic mass is 10.1. The van der Waals surface area contributed by atoms with Gasteiger partial charge in [-0.15, -0.1) is 0 Å². The van der Waals surface area contributed by atoms with Gasteiger partial charge in [0.25, 0.3) is 5.91 Å². The van der Waals surface area contributed by atoms with Crippen molar-refractivity contribution in [3.8, 4) is 11.3 Å². The zero-order valence-electron chi connectivity index (χ0n) is 14.0. The lowest BCUT2D eigenvalue weighted by molar-refractivity contribution is 0.0747. The number of rotatable bonds is 3.